The zero-order valence-electron chi connectivity index (χ0n) is 13.5. The van der Waals surface area contributed by atoms with Crippen LogP contribution in [0.1, 0.15) is 84.5 Å². The minimum Gasteiger partial charge on any atom is -0.465 e. The van der Waals surface area contributed by atoms with Crippen molar-refractivity contribution in [2.24, 2.45) is 5.92 Å². The van der Waals surface area contributed by atoms with Gasteiger partial charge in [0.25, 0.3) is 0 Å². The van der Waals surface area contributed by atoms with Crippen LogP contribution in [0.15, 0.2) is 0 Å². The maximum absolute atomic E-state index is 11.5. The van der Waals surface area contributed by atoms with Crippen LogP contribution in [0, 0.1) is 5.92 Å². The molecule has 0 heterocycles. The normalized spacial score (nSPS) is 12.3. The van der Waals surface area contributed by atoms with Crippen molar-refractivity contribution in [3.8, 4) is 0 Å². The van der Waals surface area contributed by atoms with E-state index in [4.69, 9.17) is 9.84 Å². The fourth-order valence-electron chi connectivity index (χ4n) is 2.22. The lowest BCUT2D eigenvalue weighted by Gasteiger charge is -2.09. The van der Waals surface area contributed by atoms with Crippen LogP contribution in [0.3, 0.4) is 0 Å². The number of aliphatic hydroxyl groups excluding tert-OH is 1. The maximum atomic E-state index is 11.5. The lowest BCUT2D eigenvalue weighted by Crippen LogP contribution is -2.16. The number of carbonyl (C=O) groups excluding carboxylic acids is 1. The molecule has 0 aliphatic heterocycles. The summed E-state index contributed by atoms with van der Waals surface area (Å²) in [4.78, 5) is 11.5. The Morgan fingerprint density at radius 3 is 1.95 bits per heavy atom. The van der Waals surface area contributed by atoms with Crippen LogP contribution in [-0.2, 0) is 9.53 Å². The zero-order chi connectivity index (χ0) is 15.1. The molecule has 0 aromatic heterocycles. The molecule has 0 aliphatic carbocycles. The summed E-state index contributed by atoms with van der Waals surface area (Å²) in [5, 5.41) is 8.74. The summed E-state index contributed by atoms with van der Waals surface area (Å²) in [6, 6.07) is 0. The van der Waals surface area contributed by atoms with E-state index in [-0.39, 0.29) is 18.5 Å². The smallest absolute Gasteiger partial charge is 0.308 e. The Labute approximate surface area is 125 Å². The molecule has 3 nitrogen and oxygen atoms in total. The van der Waals surface area contributed by atoms with E-state index < -0.39 is 0 Å². The minimum absolute atomic E-state index is 0.0501. The van der Waals surface area contributed by atoms with Crippen LogP contribution < -0.4 is 0 Å². The molecule has 0 saturated heterocycles. The SMILES string of the molecule is CCCCCCCCCCCCOC(=O)C(C)CCO. The van der Waals surface area contributed by atoms with Gasteiger partial charge in [-0.3, -0.25) is 4.79 Å². The molecule has 1 atom stereocenters. The fourth-order valence-corrected chi connectivity index (χ4v) is 2.22. The van der Waals surface area contributed by atoms with Gasteiger partial charge in [0.15, 0.2) is 0 Å². The first kappa shape index (κ1) is 19.4. The van der Waals surface area contributed by atoms with Gasteiger partial charge < -0.3 is 9.84 Å². The van der Waals surface area contributed by atoms with E-state index in [9.17, 15) is 4.79 Å². The number of carbonyl (C=O) groups is 1. The van der Waals surface area contributed by atoms with Gasteiger partial charge in [0.1, 0.15) is 0 Å². The van der Waals surface area contributed by atoms with Crippen molar-refractivity contribution >= 4 is 5.97 Å². The molecule has 120 valence electrons. The third-order valence-corrected chi connectivity index (χ3v) is 3.71. The van der Waals surface area contributed by atoms with Crippen molar-refractivity contribution in [2.45, 2.75) is 84.5 Å². The quantitative estimate of drug-likeness (QED) is 0.378. The average Bonchev–Trinajstić information content (AvgIpc) is 2.44. The molecular formula is C17H34O3. The molecule has 3 heteroatoms. The predicted molar refractivity (Wildman–Crippen MR) is 83.7 cm³/mol. The Hall–Kier alpha value is -0.570. The monoisotopic (exact) mass is 286 g/mol. The van der Waals surface area contributed by atoms with Gasteiger partial charge in [-0.2, -0.15) is 0 Å². The van der Waals surface area contributed by atoms with Gasteiger partial charge in [-0.1, -0.05) is 71.6 Å². The molecule has 0 aliphatic rings. The molecule has 20 heavy (non-hydrogen) atoms. The van der Waals surface area contributed by atoms with E-state index >= 15 is 0 Å². The van der Waals surface area contributed by atoms with Crippen molar-refractivity contribution in [3.63, 3.8) is 0 Å². The van der Waals surface area contributed by atoms with Gasteiger partial charge in [-0.25, -0.2) is 0 Å². The molecule has 0 aromatic carbocycles. The number of aliphatic hydroxyl groups is 1. The minimum atomic E-state index is -0.178. The lowest BCUT2D eigenvalue weighted by atomic mass is 10.1. The molecule has 1 unspecified atom stereocenters. The number of ether oxygens (including phenoxy) is 1. The first-order chi connectivity index (χ1) is 9.72. The molecule has 0 saturated carbocycles. The topological polar surface area (TPSA) is 46.5 Å². The van der Waals surface area contributed by atoms with E-state index in [0.29, 0.717) is 13.0 Å². The number of esters is 1. The van der Waals surface area contributed by atoms with Gasteiger partial charge in [-0.05, 0) is 12.8 Å². The van der Waals surface area contributed by atoms with Crippen LogP contribution in [0.4, 0.5) is 0 Å². The third-order valence-electron chi connectivity index (χ3n) is 3.71. The second-order valence-corrected chi connectivity index (χ2v) is 5.76. The molecule has 0 rings (SSSR count). The van der Waals surface area contributed by atoms with Crippen LogP contribution in [-0.4, -0.2) is 24.3 Å². The van der Waals surface area contributed by atoms with E-state index in [1.54, 1.807) is 6.92 Å². The Bertz CT molecular complexity index is 216. The Morgan fingerprint density at radius 2 is 1.45 bits per heavy atom. The standard InChI is InChI=1S/C17H34O3/c1-3-4-5-6-7-8-9-10-11-12-15-20-17(19)16(2)13-14-18/h16,18H,3-15H2,1-2H3. The predicted octanol–water partition coefficient (Wildman–Crippen LogP) is 4.47. The van der Waals surface area contributed by atoms with Gasteiger partial charge in [-0.15, -0.1) is 0 Å². The van der Waals surface area contributed by atoms with Crippen molar-refractivity contribution < 1.29 is 14.6 Å². The first-order valence-corrected chi connectivity index (χ1v) is 8.49. The van der Waals surface area contributed by atoms with Crippen LogP contribution in [0.2, 0.25) is 0 Å². The molecule has 0 amide bonds. The number of hydrogen-bond acceptors (Lipinski definition) is 3. The Kier molecular flexibility index (Phi) is 14.4. The van der Waals surface area contributed by atoms with Crippen molar-refractivity contribution in [1.82, 2.24) is 0 Å². The highest BCUT2D eigenvalue weighted by molar-refractivity contribution is 5.71. The summed E-state index contributed by atoms with van der Waals surface area (Å²) < 4.78 is 5.18. The molecule has 0 spiro atoms. The Morgan fingerprint density at radius 1 is 0.950 bits per heavy atom. The highest BCUT2D eigenvalue weighted by Crippen LogP contribution is 2.11. The van der Waals surface area contributed by atoms with Gasteiger partial charge >= 0.3 is 5.97 Å². The second kappa shape index (κ2) is 14.8. The first-order valence-electron chi connectivity index (χ1n) is 8.49. The summed E-state index contributed by atoms with van der Waals surface area (Å²) in [5.74, 6) is -0.349. The molecule has 0 aromatic rings. The highest BCUT2D eigenvalue weighted by Gasteiger charge is 2.12. The highest BCUT2D eigenvalue weighted by atomic mass is 16.5. The van der Waals surface area contributed by atoms with E-state index in [1.807, 2.05) is 0 Å². The maximum Gasteiger partial charge on any atom is 0.308 e. The van der Waals surface area contributed by atoms with Crippen LogP contribution in [0.5, 0.6) is 0 Å². The summed E-state index contributed by atoms with van der Waals surface area (Å²) in [7, 11) is 0. The lowest BCUT2D eigenvalue weighted by molar-refractivity contribution is -0.148. The summed E-state index contributed by atoms with van der Waals surface area (Å²) >= 11 is 0. The van der Waals surface area contributed by atoms with Crippen molar-refractivity contribution in [2.75, 3.05) is 13.2 Å². The number of rotatable bonds is 14. The number of hydrogen-bond donors (Lipinski definition) is 1. The molecule has 0 bridgehead atoms. The van der Waals surface area contributed by atoms with Crippen molar-refractivity contribution in [1.29, 1.82) is 0 Å². The largest absolute Gasteiger partial charge is 0.465 e. The van der Waals surface area contributed by atoms with E-state index in [1.165, 1.54) is 51.4 Å². The average molecular weight is 286 g/mol. The Balaban J connectivity index is 3.18. The third kappa shape index (κ3) is 12.5. The number of unbranched alkanes of at least 4 members (excludes halogenated alkanes) is 9. The summed E-state index contributed by atoms with van der Waals surface area (Å²) in [6.45, 7) is 4.63. The van der Waals surface area contributed by atoms with Crippen LogP contribution >= 0.6 is 0 Å². The molecule has 0 fully saturated rings. The van der Waals surface area contributed by atoms with Gasteiger partial charge in [0.05, 0.1) is 12.5 Å². The zero-order valence-corrected chi connectivity index (χ0v) is 13.5. The van der Waals surface area contributed by atoms with E-state index in [2.05, 4.69) is 6.92 Å². The summed E-state index contributed by atoms with van der Waals surface area (Å²) in [5.41, 5.74) is 0. The molecular weight excluding hydrogens is 252 g/mol. The van der Waals surface area contributed by atoms with Gasteiger partial charge in [0.2, 0.25) is 0 Å². The van der Waals surface area contributed by atoms with Gasteiger partial charge in [0, 0.05) is 6.61 Å². The van der Waals surface area contributed by atoms with Crippen LogP contribution in [0.25, 0.3) is 0 Å². The molecule has 0 radical (unpaired) electrons. The van der Waals surface area contributed by atoms with Crippen molar-refractivity contribution in [3.05, 3.63) is 0 Å². The summed E-state index contributed by atoms with van der Waals surface area (Å²) in [6.07, 6.45) is 13.3. The second-order valence-electron chi connectivity index (χ2n) is 5.76. The van der Waals surface area contributed by atoms with E-state index in [0.717, 1.165) is 12.8 Å². The fraction of sp³-hybridized carbons (Fsp3) is 0.941. The molecule has 1 N–H and O–H groups in total.